The number of nitrogens with one attached hydrogen (secondary N) is 1. The molecule has 2 heteroatoms. The summed E-state index contributed by atoms with van der Waals surface area (Å²) in [5.41, 5.74) is 0. The van der Waals surface area contributed by atoms with E-state index in [-0.39, 0.29) is 0 Å². The molecule has 54 valence electrons. The smallest absolute Gasteiger partial charge is 0.116 e. The van der Waals surface area contributed by atoms with Crippen molar-refractivity contribution in [3.63, 3.8) is 0 Å². The van der Waals surface area contributed by atoms with Crippen LogP contribution in [0.15, 0.2) is 12.3 Å². The van der Waals surface area contributed by atoms with Crippen LogP contribution in [0.2, 0.25) is 0 Å². The minimum Gasteiger partial charge on any atom is -0.369 e. The quantitative estimate of drug-likeness (QED) is 0.448. The lowest BCUT2D eigenvalue weighted by atomic mass is 10.5. The van der Waals surface area contributed by atoms with Gasteiger partial charge < -0.3 is 10.1 Å². The fourth-order valence-corrected chi connectivity index (χ4v) is 0.441. The standard InChI is InChI=1S/C7H15NO/c1-3-5-8-7-9-6-4-2/h3,5,8H,4,6-7H2,1-2H3. The van der Waals surface area contributed by atoms with Crippen molar-refractivity contribution in [1.82, 2.24) is 5.32 Å². The molecule has 0 spiro atoms. The third-order valence-corrected chi connectivity index (χ3v) is 0.818. The Bertz CT molecular complexity index is 71.3. The van der Waals surface area contributed by atoms with Crippen molar-refractivity contribution in [1.29, 1.82) is 0 Å². The third-order valence-electron chi connectivity index (χ3n) is 0.818. The average molecular weight is 129 g/mol. The van der Waals surface area contributed by atoms with Crippen LogP contribution >= 0.6 is 0 Å². The molecule has 0 rings (SSSR count). The molecule has 0 aromatic carbocycles. The molecule has 0 amide bonds. The molecule has 2 nitrogen and oxygen atoms in total. The molecule has 0 fully saturated rings. The van der Waals surface area contributed by atoms with Crippen molar-refractivity contribution >= 4 is 0 Å². The van der Waals surface area contributed by atoms with Crippen LogP contribution in [0.5, 0.6) is 0 Å². The van der Waals surface area contributed by atoms with Crippen molar-refractivity contribution in [3.05, 3.63) is 12.3 Å². The van der Waals surface area contributed by atoms with E-state index >= 15 is 0 Å². The summed E-state index contributed by atoms with van der Waals surface area (Å²) in [6, 6.07) is 0. The van der Waals surface area contributed by atoms with Gasteiger partial charge in [0.15, 0.2) is 0 Å². The second-order valence-electron chi connectivity index (χ2n) is 1.76. The Balaban J connectivity index is 2.75. The van der Waals surface area contributed by atoms with E-state index in [0.29, 0.717) is 6.73 Å². The lowest BCUT2D eigenvalue weighted by Gasteiger charge is -1.99. The van der Waals surface area contributed by atoms with Crippen LogP contribution in [0.25, 0.3) is 0 Å². The maximum atomic E-state index is 5.12. The molecule has 0 atom stereocenters. The highest BCUT2D eigenvalue weighted by Crippen LogP contribution is 1.76. The number of ether oxygens (including phenoxy) is 1. The van der Waals surface area contributed by atoms with Crippen molar-refractivity contribution in [3.8, 4) is 0 Å². The van der Waals surface area contributed by atoms with Gasteiger partial charge in [0.1, 0.15) is 6.73 Å². The van der Waals surface area contributed by atoms with Crippen LogP contribution in [0.3, 0.4) is 0 Å². The van der Waals surface area contributed by atoms with E-state index in [4.69, 9.17) is 4.74 Å². The summed E-state index contributed by atoms with van der Waals surface area (Å²) >= 11 is 0. The average Bonchev–Trinajstić information content (AvgIpc) is 1.89. The van der Waals surface area contributed by atoms with Crippen LogP contribution in [0.1, 0.15) is 20.3 Å². The number of rotatable bonds is 5. The first-order chi connectivity index (χ1) is 4.41. The minimum atomic E-state index is 0.623. The largest absolute Gasteiger partial charge is 0.369 e. The molecule has 0 unspecified atom stereocenters. The second-order valence-corrected chi connectivity index (χ2v) is 1.76. The lowest BCUT2D eigenvalue weighted by molar-refractivity contribution is 0.126. The number of hydrogen-bond acceptors (Lipinski definition) is 2. The highest BCUT2D eigenvalue weighted by atomic mass is 16.5. The summed E-state index contributed by atoms with van der Waals surface area (Å²) in [6.07, 6.45) is 4.89. The van der Waals surface area contributed by atoms with Gasteiger partial charge in [-0.3, -0.25) is 0 Å². The fourth-order valence-electron chi connectivity index (χ4n) is 0.441. The Labute approximate surface area is 56.9 Å². The zero-order valence-corrected chi connectivity index (χ0v) is 6.18. The van der Waals surface area contributed by atoms with E-state index in [1.54, 1.807) is 0 Å². The first kappa shape index (κ1) is 8.50. The van der Waals surface area contributed by atoms with Crippen LogP contribution in [-0.4, -0.2) is 13.3 Å². The Morgan fingerprint density at radius 1 is 1.56 bits per heavy atom. The van der Waals surface area contributed by atoms with E-state index in [1.165, 1.54) is 0 Å². The summed E-state index contributed by atoms with van der Waals surface area (Å²) in [7, 11) is 0. The summed E-state index contributed by atoms with van der Waals surface area (Å²) in [4.78, 5) is 0. The van der Waals surface area contributed by atoms with Crippen LogP contribution in [-0.2, 0) is 4.74 Å². The van der Waals surface area contributed by atoms with Gasteiger partial charge in [-0.15, -0.1) is 0 Å². The SMILES string of the molecule is CC=CNCOCCC. The van der Waals surface area contributed by atoms with Crippen LogP contribution in [0, 0.1) is 0 Å². The molecule has 0 aliphatic heterocycles. The molecule has 0 aliphatic carbocycles. The van der Waals surface area contributed by atoms with Gasteiger partial charge >= 0.3 is 0 Å². The van der Waals surface area contributed by atoms with E-state index in [2.05, 4.69) is 12.2 Å². The van der Waals surface area contributed by atoms with E-state index in [0.717, 1.165) is 13.0 Å². The Hall–Kier alpha value is -0.500. The van der Waals surface area contributed by atoms with Crippen LogP contribution < -0.4 is 5.32 Å². The summed E-state index contributed by atoms with van der Waals surface area (Å²) in [6.45, 7) is 5.52. The van der Waals surface area contributed by atoms with Crippen molar-refractivity contribution in [2.75, 3.05) is 13.3 Å². The second kappa shape index (κ2) is 7.50. The van der Waals surface area contributed by atoms with Gasteiger partial charge in [0, 0.05) is 6.61 Å². The normalized spacial score (nSPS) is 10.4. The summed E-state index contributed by atoms with van der Waals surface area (Å²) in [5, 5.41) is 2.97. The molecule has 0 aromatic heterocycles. The molecule has 1 N–H and O–H groups in total. The van der Waals surface area contributed by atoms with Gasteiger partial charge in [-0.05, 0) is 19.5 Å². The maximum absolute atomic E-state index is 5.12. The van der Waals surface area contributed by atoms with Crippen molar-refractivity contribution < 1.29 is 4.74 Å². The predicted molar refractivity (Wildman–Crippen MR) is 39.1 cm³/mol. The first-order valence-corrected chi connectivity index (χ1v) is 3.34. The zero-order chi connectivity index (χ0) is 6.95. The monoisotopic (exact) mass is 129 g/mol. The fraction of sp³-hybridized carbons (Fsp3) is 0.714. The third kappa shape index (κ3) is 7.50. The van der Waals surface area contributed by atoms with Gasteiger partial charge in [0.05, 0.1) is 0 Å². The molecule has 0 aromatic rings. The minimum absolute atomic E-state index is 0.623. The molecular weight excluding hydrogens is 114 g/mol. The lowest BCUT2D eigenvalue weighted by Crippen LogP contribution is -2.10. The first-order valence-electron chi connectivity index (χ1n) is 3.34. The highest BCUT2D eigenvalue weighted by Gasteiger charge is 1.77. The van der Waals surface area contributed by atoms with E-state index in [1.807, 2.05) is 19.2 Å². The number of allylic oxidation sites excluding steroid dienone is 1. The zero-order valence-electron chi connectivity index (χ0n) is 6.18. The molecule has 0 radical (unpaired) electrons. The molecule has 0 saturated heterocycles. The highest BCUT2D eigenvalue weighted by molar-refractivity contribution is 4.71. The molecular formula is C7H15NO. The summed E-state index contributed by atoms with van der Waals surface area (Å²) in [5.74, 6) is 0. The summed E-state index contributed by atoms with van der Waals surface area (Å²) < 4.78 is 5.12. The van der Waals surface area contributed by atoms with Gasteiger partial charge in [0.25, 0.3) is 0 Å². The molecule has 9 heavy (non-hydrogen) atoms. The van der Waals surface area contributed by atoms with Crippen molar-refractivity contribution in [2.24, 2.45) is 0 Å². The van der Waals surface area contributed by atoms with Crippen molar-refractivity contribution in [2.45, 2.75) is 20.3 Å². The Kier molecular flexibility index (Phi) is 7.08. The van der Waals surface area contributed by atoms with Gasteiger partial charge in [-0.2, -0.15) is 0 Å². The van der Waals surface area contributed by atoms with E-state index in [9.17, 15) is 0 Å². The van der Waals surface area contributed by atoms with Gasteiger partial charge in [-0.25, -0.2) is 0 Å². The van der Waals surface area contributed by atoms with Gasteiger partial charge in [-0.1, -0.05) is 13.0 Å². The topological polar surface area (TPSA) is 21.3 Å². The molecule has 0 heterocycles. The predicted octanol–water partition coefficient (Wildman–Crippen LogP) is 1.49. The molecule has 0 saturated carbocycles. The van der Waals surface area contributed by atoms with E-state index < -0.39 is 0 Å². The Morgan fingerprint density at radius 3 is 2.89 bits per heavy atom. The number of hydrogen-bond donors (Lipinski definition) is 1. The van der Waals surface area contributed by atoms with Crippen LogP contribution in [0.4, 0.5) is 0 Å². The molecule has 0 aliphatic rings. The Morgan fingerprint density at radius 2 is 2.33 bits per heavy atom. The molecule has 0 bridgehead atoms. The maximum Gasteiger partial charge on any atom is 0.116 e. The van der Waals surface area contributed by atoms with Gasteiger partial charge in [0.2, 0.25) is 0 Å².